The van der Waals surface area contributed by atoms with Gasteiger partial charge in [-0.3, -0.25) is 9.97 Å². The van der Waals surface area contributed by atoms with Crippen LogP contribution in [0.4, 0.5) is 0 Å². The molecule has 4 heteroatoms. The molecule has 1 unspecified atom stereocenters. The van der Waals surface area contributed by atoms with Crippen molar-refractivity contribution in [1.29, 1.82) is 0 Å². The summed E-state index contributed by atoms with van der Waals surface area (Å²) in [5.74, 6) is 0.567. The van der Waals surface area contributed by atoms with Crippen LogP contribution in [0.25, 0.3) is 0 Å². The lowest BCUT2D eigenvalue weighted by Gasteiger charge is -2.06. The van der Waals surface area contributed by atoms with E-state index in [1.54, 1.807) is 18.6 Å². The third kappa shape index (κ3) is 2.75. The Labute approximate surface area is 76.4 Å². The molecule has 1 aromatic heterocycles. The molecule has 0 saturated heterocycles. The average molecular weight is 187 g/mol. The van der Waals surface area contributed by atoms with Gasteiger partial charge in [-0.15, -0.1) is 11.6 Å². The fourth-order valence-corrected chi connectivity index (χ4v) is 1.06. The van der Waals surface area contributed by atoms with E-state index < -0.39 is 6.10 Å². The molecular formula is C8H11ClN2O. The smallest absolute Gasteiger partial charge is 0.0975 e. The molecule has 0 aromatic carbocycles. The van der Waals surface area contributed by atoms with Crippen molar-refractivity contribution in [3.63, 3.8) is 0 Å². The minimum absolute atomic E-state index is 0.530. The summed E-state index contributed by atoms with van der Waals surface area (Å²) in [4.78, 5) is 7.83. The van der Waals surface area contributed by atoms with Gasteiger partial charge >= 0.3 is 0 Å². The van der Waals surface area contributed by atoms with Crippen LogP contribution in [0.3, 0.4) is 0 Å². The van der Waals surface area contributed by atoms with Crippen LogP contribution in [-0.2, 0) is 0 Å². The molecular weight excluding hydrogens is 176 g/mol. The first-order chi connectivity index (χ1) is 5.84. The Morgan fingerprint density at radius 1 is 1.50 bits per heavy atom. The van der Waals surface area contributed by atoms with E-state index in [4.69, 9.17) is 11.6 Å². The number of hydrogen-bond acceptors (Lipinski definition) is 3. The Kier molecular flexibility index (Phi) is 3.97. The van der Waals surface area contributed by atoms with Gasteiger partial charge in [0.05, 0.1) is 18.0 Å². The Morgan fingerprint density at radius 2 is 2.33 bits per heavy atom. The second kappa shape index (κ2) is 5.06. The summed E-state index contributed by atoms with van der Waals surface area (Å²) in [5.41, 5.74) is 0.614. The van der Waals surface area contributed by atoms with E-state index >= 15 is 0 Å². The number of aromatic nitrogens is 2. The van der Waals surface area contributed by atoms with Crippen LogP contribution < -0.4 is 0 Å². The molecule has 3 nitrogen and oxygen atoms in total. The summed E-state index contributed by atoms with van der Waals surface area (Å²) < 4.78 is 0. The second-order valence-corrected chi connectivity index (χ2v) is 2.86. The van der Waals surface area contributed by atoms with Gasteiger partial charge in [-0.25, -0.2) is 0 Å². The molecule has 0 fully saturated rings. The summed E-state index contributed by atoms with van der Waals surface area (Å²) in [6, 6.07) is 0. The zero-order chi connectivity index (χ0) is 8.81. The number of alkyl halides is 1. The predicted molar refractivity (Wildman–Crippen MR) is 46.9 cm³/mol. The number of hydrogen-bond donors (Lipinski definition) is 1. The summed E-state index contributed by atoms with van der Waals surface area (Å²) in [6.45, 7) is 0. The zero-order valence-electron chi connectivity index (χ0n) is 6.65. The maximum Gasteiger partial charge on any atom is 0.0975 e. The molecule has 1 heterocycles. The minimum atomic E-state index is -0.530. The molecule has 0 bridgehead atoms. The molecule has 1 atom stereocenters. The molecule has 0 radical (unpaired) electrons. The predicted octanol–water partition coefficient (Wildman–Crippen LogP) is 1.53. The number of rotatable bonds is 4. The van der Waals surface area contributed by atoms with Crippen LogP contribution in [0, 0.1) is 0 Å². The average Bonchev–Trinajstić information content (AvgIpc) is 2.15. The van der Waals surface area contributed by atoms with E-state index in [0.717, 1.165) is 6.42 Å². The van der Waals surface area contributed by atoms with Crippen molar-refractivity contribution in [2.75, 3.05) is 5.88 Å². The number of aliphatic hydroxyl groups is 1. The fraction of sp³-hybridized carbons (Fsp3) is 0.500. The maximum atomic E-state index is 9.49. The third-order valence-electron chi connectivity index (χ3n) is 1.54. The highest BCUT2D eigenvalue weighted by Crippen LogP contribution is 2.14. The number of aliphatic hydroxyl groups excluding tert-OH is 1. The lowest BCUT2D eigenvalue weighted by Crippen LogP contribution is -2.00. The Balaban J connectivity index is 2.48. The molecule has 66 valence electrons. The van der Waals surface area contributed by atoms with Gasteiger partial charge in [-0.05, 0) is 12.8 Å². The van der Waals surface area contributed by atoms with Gasteiger partial charge in [-0.2, -0.15) is 0 Å². The summed E-state index contributed by atoms with van der Waals surface area (Å²) in [6.07, 6.45) is 5.62. The van der Waals surface area contributed by atoms with Gasteiger partial charge in [0.15, 0.2) is 0 Å². The van der Waals surface area contributed by atoms with Crippen LogP contribution in [0.2, 0.25) is 0 Å². The van der Waals surface area contributed by atoms with Crippen molar-refractivity contribution in [3.05, 3.63) is 24.3 Å². The zero-order valence-corrected chi connectivity index (χ0v) is 7.41. The first-order valence-corrected chi connectivity index (χ1v) is 4.38. The maximum absolute atomic E-state index is 9.49. The largest absolute Gasteiger partial charge is 0.387 e. The molecule has 0 aliphatic carbocycles. The van der Waals surface area contributed by atoms with Crippen molar-refractivity contribution < 1.29 is 5.11 Å². The van der Waals surface area contributed by atoms with Gasteiger partial charge in [-0.1, -0.05) is 0 Å². The standard InChI is InChI=1S/C8H11ClN2O/c9-3-1-2-8(12)7-6-10-4-5-11-7/h4-6,8,12H,1-3H2. The molecule has 1 rings (SSSR count). The highest BCUT2D eigenvalue weighted by molar-refractivity contribution is 6.17. The topological polar surface area (TPSA) is 46.0 Å². The fourth-order valence-electron chi connectivity index (χ4n) is 0.901. The molecule has 0 aliphatic rings. The van der Waals surface area contributed by atoms with Gasteiger partial charge in [0.25, 0.3) is 0 Å². The minimum Gasteiger partial charge on any atom is -0.387 e. The number of nitrogens with zero attached hydrogens (tertiary/aromatic N) is 2. The van der Waals surface area contributed by atoms with Gasteiger partial charge in [0, 0.05) is 18.3 Å². The third-order valence-corrected chi connectivity index (χ3v) is 1.80. The first-order valence-electron chi connectivity index (χ1n) is 3.84. The van der Waals surface area contributed by atoms with E-state index in [1.165, 1.54) is 0 Å². The lowest BCUT2D eigenvalue weighted by atomic mass is 10.1. The highest BCUT2D eigenvalue weighted by Gasteiger charge is 2.07. The van der Waals surface area contributed by atoms with Gasteiger partial charge < -0.3 is 5.11 Å². The van der Waals surface area contributed by atoms with E-state index in [2.05, 4.69) is 9.97 Å². The molecule has 1 aromatic rings. The van der Waals surface area contributed by atoms with Crippen molar-refractivity contribution in [3.8, 4) is 0 Å². The molecule has 12 heavy (non-hydrogen) atoms. The van der Waals surface area contributed by atoms with Crippen molar-refractivity contribution in [2.45, 2.75) is 18.9 Å². The van der Waals surface area contributed by atoms with Crippen LogP contribution in [0.1, 0.15) is 24.6 Å². The van der Waals surface area contributed by atoms with Crippen LogP contribution in [0.15, 0.2) is 18.6 Å². The summed E-state index contributed by atoms with van der Waals surface area (Å²) >= 11 is 5.49. The van der Waals surface area contributed by atoms with Crippen LogP contribution in [0.5, 0.6) is 0 Å². The Bertz CT molecular complexity index is 218. The van der Waals surface area contributed by atoms with Crippen molar-refractivity contribution in [2.24, 2.45) is 0 Å². The molecule has 0 aliphatic heterocycles. The van der Waals surface area contributed by atoms with Crippen molar-refractivity contribution in [1.82, 2.24) is 9.97 Å². The normalized spacial score (nSPS) is 12.8. The Morgan fingerprint density at radius 3 is 2.92 bits per heavy atom. The molecule has 0 saturated carbocycles. The summed E-state index contributed by atoms with van der Waals surface area (Å²) in [5, 5.41) is 9.49. The summed E-state index contributed by atoms with van der Waals surface area (Å²) in [7, 11) is 0. The van der Waals surface area contributed by atoms with Crippen LogP contribution in [-0.4, -0.2) is 21.0 Å². The van der Waals surface area contributed by atoms with Crippen molar-refractivity contribution >= 4 is 11.6 Å². The first kappa shape index (κ1) is 9.42. The van der Waals surface area contributed by atoms with Crippen LogP contribution >= 0.6 is 11.6 Å². The Hall–Kier alpha value is -0.670. The van der Waals surface area contributed by atoms with E-state index in [9.17, 15) is 5.11 Å². The molecule has 0 amide bonds. The molecule has 1 N–H and O–H groups in total. The lowest BCUT2D eigenvalue weighted by molar-refractivity contribution is 0.161. The SMILES string of the molecule is OC(CCCCl)c1cnccn1. The quantitative estimate of drug-likeness (QED) is 0.726. The van der Waals surface area contributed by atoms with E-state index in [1.807, 2.05) is 0 Å². The van der Waals surface area contributed by atoms with E-state index in [0.29, 0.717) is 18.0 Å². The molecule has 0 spiro atoms. The second-order valence-electron chi connectivity index (χ2n) is 2.48. The highest BCUT2D eigenvalue weighted by atomic mass is 35.5. The van der Waals surface area contributed by atoms with E-state index in [-0.39, 0.29) is 0 Å². The van der Waals surface area contributed by atoms with Gasteiger partial charge in [0.1, 0.15) is 0 Å². The van der Waals surface area contributed by atoms with Gasteiger partial charge in [0.2, 0.25) is 0 Å². The monoisotopic (exact) mass is 186 g/mol. The number of halogens is 1.